The summed E-state index contributed by atoms with van der Waals surface area (Å²) in [4.78, 5) is 2.33. The third kappa shape index (κ3) is 8.47. The van der Waals surface area contributed by atoms with Gasteiger partial charge in [-0.25, -0.2) is 0 Å². The van der Waals surface area contributed by atoms with E-state index >= 15 is 0 Å². The molecule has 0 fully saturated rings. The van der Waals surface area contributed by atoms with Gasteiger partial charge in [0, 0.05) is 12.6 Å². The average molecular weight is 318 g/mol. The summed E-state index contributed by atoms with van der Waals surface area (Å²) in [6, 6.07) is 0.397. The molecule has 0 aliphatic rings. The maximum absolute atomic E-state index is 5.99. The summed E-state index contributed by atoms with van der Waals surface area (Å²) in [7, 11) is 2.14. The zero-order chi connectivity index (χ0) is 17.3. The second-order valence-electron chi connectivity index (χ2n) is 7.56. The molecule has 0 spiro atoms. The van der Waals surface area contributed by atoms with E-state index in [1.54, 1.807) is 0 Å². The average Bonchev–Trinajstić information content (AvgIpc) is 2.39. The molecule has 4 nitrogen and oxygen atoms in total. The zero-order valence-corrected chi connectivity index (χ0v) is 16.3. The highest BCUT2D eigenvalue weighted by molar-refractivity contribution is 4.91. The molecule has 0 aliphatic heterocycles. The number of rotatable bonds is 12. The fraction of sp³-hybridized carbons (Fsp3) is 1.00. The van der Waals surface area contributed by atoms with E-state index in [0.717, 1.165) is 6.61 Å². The summed E-state index contributed by atoms with van der Waals surface area (Å²) in [6.07, 6.45) is 0.396. The van der Waals surface area contributed by atoms with E-state index in [9.17, 15) is 0 Å². The van der Waals surface area contributed by atoms with Gasteiger partial charge in [0.2, 0.25) is 0 Å². The Bertz CT molecular complexity index is 266. The van der Waals surface area contributed by atoms with E-state index < -0.39 is 0 Å². The minimum Gasteiger partial charge on any atom is -0.379 e. The second kappa shape index (κ2) is 10.6. The van der Waals surface area contributed by atoms with Gasteiger partial charge in [0.15, 0.2) is 0 Å². The Morgan fingerprint density at radius 3 is 1.55 bits per heavy atom. The van der Waals surface area contributed by atoms with Gasteiger partial charge in [-0.15, -0.1) is 0 Å². The van der Waals surface area contributed by atoms with E-state index in [1.165, 1.54) is 0 Å². The minimum atomic E-state index is -0.252. The van der Waals surface area contributed by atoms with Crippen LogP contribution in [0.5, 0.6) is 0 Å². The lowest BCUT2D eigenvalue weighted by Gasteiger charge is -2.44. The van der Waals surface area contributed by atoms with Crippen molar-refractivity contribution in [2.75, 3.05) is 33.5 Å². The Morgan fingerprint density at radius 1 is 0.773 bits per heavy atom. The van der Waals surface area contributed by atoms with Crippen molar-refractivity contribution in [2.45, 2.75) is 79.2 Å². The third-order valence-electron chi connectivity index (χ3n) is 3.72. The van der Waals surface area contributed by atoms with Crippen molar-refractivity contribution in [1.29, 1.82) is 0 Å². The van der Waals surface area contributed by atoms with Crippen molar-refractivity contribution < 1.29 is 14.2 Å². The van der Waals surface area contributed by atoms with E-state index in [0.29, 0.717) is 31.8 Å². The van der Waals surface area contributed by atoms with Crippen LogP contribution >= 0.6 is 0 Å². The second-order valence-corrected chi connectivity index (χ2v) is 7.56. The molecule has 22 heavy (non-hydrogen) atoms. The van der Waals surface area contributed by atoms with Crippen molar-refractivity contribution >= 4 is 0 Å². The fourth-order valence-corrected chi connectivity index (χ4v) is 2.11. The molecular weight excluding hydrogens is 278 g/mol. The molecule has 0 unspecified atom stereocenters. The first-order valence-corrected chi connectivity index (χ1v) is 8.64. The molecule has 134 valence electrons. The van der Waals surface area contributed by atoms with Gasteiger partial charge in [-0.2, -0.15) is 0 Å². The molecule has 0 rings (SSSR count). The molecule has 0 aromatic carbocycles. The molecule has 4 heteroatoms. The van der Waals surface area contributed by atoms with Gasteiger partial charge in [-0.3, -0.25) is 4.90 Å². The number of nitrogens with zero attached hydrogens (tertiary/aromatic N) is 1. The van der Waals surface area contributed by atoms with E-state index in [2.05, 4.69) is 67.3 Å². The van der Waals surface area contributed by atoms with Gasteiger partial charge in [-0.1, -0.05) is 13.8 Å². The maximum atomic E-state index is 5.99. The zero-order valence-electron chi connectivity index (χ0n) is 16.3. The lowest BCUT2D eigenvalue weighted by molar-refractivity contribution is -0.119. The summed E-state index contributed by atoms with van der Waals surface area (Å²) >= 11 is 0. The number of ether oxygens (including phenoxy) is 3. The summed E-state index contributed by atoms with van der Waals surface area (Å²) in [6.45, 7) is 19.6. The molecule has 0 saturated heterocycles. The van der Waals surface area contributed by atoms with Crippen molar-refractivity contribution in [3.63, 3.8) is 0 Å². The number of hydrogen-bond donors (Lipinski definition) is 0. The summed E-state index contributed by atoms with van der Waals surface area (Å²) < 4.78 is 17.9. The summed E-state index contributed by atoms with van der Waals surface area (Å²) in [5, 5.41) is 0. The van der Waals surface area contributed by atoms with Gasteiger partial charge in [0.1, 0.15) is 0 Å². The smallest absolute Gasteiger partial charge is 0.0914 e. The first kappa shape index (κ1) is 21.8. The van der Waals surface area contributed by atoms with Crippen LogP contribution in [0.2, 0.25) is 0 Å². The highest BCUT2D eigenvalue weighted by Gasteiger charge is 2.38. The van der Waals surface area contributed by atoms with Crippen LogP contribution in [0.3, 0.4) is 0 Å². The summed E-state index contributed by atoms with van der Waals surface area (Å²) in [5.74, 6) is 0.527. The van der Waals surface area contributed by atoms with Crippen LogP contribution in [0.4, 0.5) is 0 Å². The molecule has 0 aliphatic carbocycles. The Hall–Kier alpha value is -0.160. The van der Waals surface area contributed by atoms with E-state index in [1.807, 2.05) is 0 Å². The first-order chi connectivity index (χ1) is 10.1. The third-order valence-corrected chi connectivity index (χ3v) is 3.72. The largest absolute Gasteiger partial charge is 0.379 e. The molecular formula is C18H39NO3. The van der Waals surface area contributed by atoms with Gasteiger partial charge in [0.05, 0.1) is 37.6 Å². The van der Waals surface area contributed by atoms with Crippen LogP contribution in [0, 0.1) is 5.92 Å². The highest BCUT2D eigenvalue weighted by atomic mass is 16.5. The first-order valence-electron chi connectivity index (χ1n) is 8.64. The van der Waals surface area contributed by atoms with E-state index in [-0.39, 0.29) is 17.7 Å². The van der Waals surface area contributed by atoms with Gasteiger partial charge in [-0.05, 0) is 54.5 Å². The van der Waals surface area contributed by atoms with Crippen molar-refractivity contribution in [3.8, 4) is 0 Å². The Kier molecular flexibility index (Phi) is 10.5. The quantitative estimate of drug-likeness (QED) is 0.550. The minimum absolute atomic E-state index is 0.198. The predicted molar refractivity (Wildman–Crippen MR) is 93.5 cm³/mol. The van der Waals surface area contributed by atoms with Gasteiger partial charge < -0.3 is 14.2 Å². The molecule has 0 heterocycles. The lowest BCUT2D eigenvalue weighted by Crippen LogP contribution is -2.60. The van der Waals surface area contributed by atoms with Crippen LogP contribution < -0.4 is 0 Å². The van der Waals surface area contributed by atoms with Crippen LogP contribution in [0.1, 0.15) is 55.4 Å². The summed E-state index contributed by atoms with van der Waals surface area (Å²) in [5.41, 5.74) is -0.252. The predicted octanol–water partition coefficient (Wildman–Crippen LogP) is 3.59. The SMILES string of the molecule is CC(C)COCC(COC(C)C)(COC(C)C)N(C)C(C)C. The molecule has 0 aromatic heterocycles. The van der Waals surface area contributed by atoms with E-state index in [4.69, 9.17) is 14.2 Å². The van der Waals surface area contributed by atoms with Gasteiger partial charge >= 0.3 is 0 Å². The van der Waals surface area contributed by atoms with Crippen molar-refractivity contribution in [1.82, 2.24) is 4.90 Å². The normalized spacial score (nSPS) is 13.4. The van der Waals surface area contributed by atoms with Gasteiger partial charge in [0.25, 0.3) is 0 Å². The highest BCUT2D eigenvalue weighted by Crippen LogP contribution is 2.21. The van der Waals surface area contributed by atoms with Crippen molar-refractivity contribution in [3.05, 3.63) is 0 Å². The lowest BCUT2D eigenvalue weighted by atomic mass is 9.98. The van der Waals surface area contributed by atoms with Crippen LogP contribution in [0.25, 0.3) is 0 Å². The Morgan fingerprint density at radius 2 is 1.23 bits per heavy atom. The topological polar surface area (TPSA) is 30.9 Å². The fourth-order valence-electron chi connectivity index (χ4n) is 2.11. The maximum Gasteiger partial charge on any atom is 0.0914 e. The molecule has 0 amide bonds. The standard InChI is InChI=1S/C18H39NO3/c1-14(2)10-20-11-18(12-21-16(5)6,13-22-17(7)8)19(9)15(3)4/h14-17H,10-13H2,1-9H3. The Balaban J connectivity index is 5.09. The number of hydrogen-bond acceptors (Lipinski definition) is 4. The molecule has 0 atom stereocenters. The van der Waals surface area contributed by atoms with Crippen LogP contribution in [-0.2, 0) is 14.2 Å². The van der Waals surface area contributed by atoms with Crippen LogP contribution in [0.15, 0.2) is 0 Å². The monoisotopic (exact) mass is 317 g/mol. The number of likely N-dealkylation sites (N-methyl/N-ethyl adjacent to an activating group) is 1. The van der Waals surface area contributed by atoms with Crippen LogP contribution in [-0.4, -0.2) is 62.2 Å². The molecule has 0 radical (unpaired) electrons. The molecule has 0 aromatic rings. The molecule has 0 N–H and O–H groups in total. The molecule has 0 saturated carbocycles. The molecule has 0 bridgehead atoms. The Labute approximate surface area is 138 Å². The van der Waals surface area contributed by atoms with Crippen molar-refractivity contribution in [2.24, 2.45) is 5.92 Å².